The molecule has 1 heterocycles. The molecule has 1 amide bonds. The lowest BCUT2D eigenvalue weighted by atomic mass is 10.2. The molecule has 148 valence electrons. The summed E-state index contributed by atoms with van der Waals surface area (Å²) in [6, 6.07) is 17.1. The van der Waals surface area contributed by atoms with Crippen molar-refractivity contribution >= 4 is 49.7 Å². The third kappa shape index (κ3) is 5.94. The number of rotatable bonds is 6. The number of sulfonamides is 1. The van der Waals surface area contributed by atoms with E-state index in [1.807, 2.05) is 54.6 Å². The first-order valence-corrected chi connectivity index (χ1v) is 12.1. The lowest BCUT2D eigenvalue weighted by molar-refractivity contribution is -0.129. The zero-order valence-corrected chi connectivity index (χ0v) is 18.4. The summed E-state index contributed by atoms with van der Waals surface area (Å²) in [5.41, 5.74) is 0.837. The van der Waals surface area contributed by atoms with Gasteiger partial charge in [-0.25, -0.2) is 8.42 Å². The largest absolute Gasteiger partial charge is 0.339 e. The number of nitrogens with zero attached hydrogens (tertiary/aromatic N) is 2. The van der Waals surface area contributed by atoms with E-state index < -0.39 is 10.0 Å². The summed E-state index contributed by atoms with van der Waals surface area (Å²) in [6.45, 7) is 1.45. The second-order valence-electron chi connectivity index (χ2n) is 6.28. The van der Waals surface area contributed by atoms with E-state index >= 15 is 0 Å². The van der Waals surface area contributed by atoms with E-state index in [9.17, 15) is 13.2 Å². The Balaban J connectivity index is 1.50. The molecule has 0 N–H and O–H groups in total. The normalized spacial score (nSPS) is 15.8. The van der Waals surface area contributed by atoms with Crippen molar-refractivity contribution in [2.75, 3.05) is 31.9 Å². The molecule has 0 bridgehead atoms. The molecule has 0 unspecified atom stereocenters. The summed E-state index contributed by atoms with van der Waals surface area (Å²) in [5, 5.41) is 1.24. The van der Waals surface area contributed by atoms with Crippen molar-refractivity contribution in [2.45, 2.75) is 4.90 Å². The molecule has 0 atom stereocenters. The number of benzene rings is 2. The fraction of sp³-hybridized carbons (Fsp3) is 0.250. The minimum Gasteiger partial charge on any atom is -0.339 e. The Morgan fingerprint density at radius 3 is 2.43 bits per heavy atom. The zero-order chi connectivity index (χ0) is 20.0. The number of piperazine rings is 1. The van der Waals surface area contributed by atoms with Gasteiger partial charge in [0.05, 0.1) is 5.75 Å². The molecule has 0 spiro atoms. The Labute approximate surface area is 178 Å². The van der Waals surface area contributed by atoms with Crippen LogP contribution < -0.4 is 0 Å². The predicted molar refractivity (Wildman–Crippen MR) is 117 cm³/mol. The summed E-state index contributed by atoms with van der Waals surface area (Å²) < 4.78 is 27.4. The summed E-state index contributed by atoms with van der Waals surface area (Å²) in [6.07, 6.45) is 1.60. The van der Waals surface area contributed by atoms with E-state index in [2.05, 4.69) is 15.9 Å². The number of hydrogen-bond donors (Lipinski definition) is 0. The quantitative estimate of drug-likeness (QED) is 0.591. The number of carbonyl (C=O) groups is 1. The molecule has 0 saturated carbocycles. The summed E-state index contributed by atoms with van der Waals surface area (Å²) in [4.78, 5) is 15.2. The molecule has 1 aliphatic rings. The number of amides is 1. The number of carbonyl (C=O) groups excluding carboxylic acids is 1. The molecule has 1 aliphatic heterocycles. The molecule has 2 aromatic rings. The van der Waals surface area contributed by atoms with Crippen LogP contribution in [-0.2, 0) is 14.8 Å². The van der Waals surface area contributed by atoms with Gasteiger partial charge < -0.3 is 4.90 Å². The average Bonchev–Trinajstić information content (AvgIpc) is 2.71. The highest BCUT2D eigenvalue weighted by molar-refractivity contribution is 9.10. The number of hydrogen-bond acceptors (Lipinski definition) is 4. The minimum absolute atomic E-state index is 0.0295. The van der Waals surface area contributed by atoms with Crippen LogP contribution in [0.15, 0.2) is 69.4 Å². The minimum atomic E-state index is -3.49. The Morgan fingerprint density at radius 2 is 1.75 bits per heavy atom. The van der Waals surface area contributed by atoms with Crippen LogP contribution in [0.1, 0.15) is 5.56 Å². The van der Waals surface area contributed by atoms with E-state index in [1.54, 1.807) is 11.0 Å². The van der Waals surface area contributed by atoms with E-state index in [0.29, 0.717) is 31.9 Å². The molecular weight excluding hydrogens is 460 g/mol. The van der Waals surface area contributed by atoms with Crippen molar-refractivity contribution in [3.8, 4) is 0 Å². The molecule has 2 aromatic carbocycles. The van der Waals surface area contributed by atoms with E-state index in [4.69, 9.17) is 0 Å². The number of halogens is 1. The predicted octanol–water partition coefficient (Wildman–Crippen LogP) is 3.69. The van der Waals surface area contributed by atoms with Gasteiger partial charge in [-0.3, -0.25) is 4.79 Å². The molecule has 0 radical (unpaired) electrons. The van der Waals surface area contributed by atoms with Crippen LogP contribution >= 0.6 is 27.7 Å². The average molecular weight is 481 g/mol. The van der Waals surface area contributed by atoms with Crippen molar-refractivity contribution in [3.63, 3.8) is 0 Å². The van der Waals surface area contributed by atoms with Crippen LogP contribution in [0.2, 0.25) is 0 Å². The monoisotopic (exact) mass is 480 g/mol. The van der Waals surface area contributed by atoms with Gasteiger partial charge in [-0.2, -0.15) is 4.31 Å². The van der Waals surface area contributed by atoms with Gasteiger partial charge in [0.25, 0.3) is 0 Å². The van der Waals surface area contributed by atoms with Crippen LogP contribution in [0.5, 0.6) is 0 Å². The van der Waals surface area contributed by atoms with Gasteiger partial charge in [0.15, 0.2) is 0 Å². The topological polar surface area (TPSA) is 57.7 Å². The highest BCUT2D eigenvalue weighted by Gasteiger charge is 2.27. The van der Waals surface area contributed by atoms with Crippen molar-refractivity contribution in [1.29, 1.82) is 0 Å². The van der Waals surface area contributed by atoms with Crippen molar-refractivity contribution < 1.29 is 13.2 Å². The summed E-state index contributed by atoms with van der Waals surface area (Å²) >= 11 is 4.91. The Bertz CT molecular complexity index is 941. The molecule has 0 aliphatic carbocycles. The van der Waals surface area contributed by atoms with Crippen LogP contribution in [0.25, 0.3) is 6.08 Å². The Kier molecular flexibility index (Phi) is 7.34. The maximum Gasteiger partial charge on any atom is 0.236 e. The standard InChI is InChI=1S/C20H21BrN2O3S2/c21-18-7-4-8-19(15-18)27-16-20(24)22-10-12-23(13-11-22)28(25,26)14-9-17-5-2-1-3-6-17/h1-9,14-15H,10-13,16H2. The first kappa shape index (κ1) is 21.1. The molecule has 5 nitrogen and oxygen atoms in total. The smallest absolute Gasteiger partial charge is 0.236 e. The Hall–Kier alpha value is -1.61. The second kappa shape index (κ2) is 9.73. The maximum atomic E-state index is 12.5. The van der Waals surface area contributed by atoms with Gasteiger partial charge in [-0.1, -0.05) is 52.3 Å². The molecule has 1 fully saturated rings. The lowest BCUT2D eigenvalue weighted by Crippen LogP contribution is -2.50. The SMILES string of the molecule is O=C(CSc1cccc(Br)c1)N1CCN(S(=O)(=O)C=Cc2ccccc2)CC1. The van der Waals surface area contributed by atoms with E-state index in [0.717, 1.165) is 14.9 Å². The van der Waals surface area contributed by atoms with Gasteiger partial charge in [-0.05, 0) is 29.8 Å². The summed E-state index contributed by atoms with van der Waals surface area (Å²) in [7, 11) is -3.49. The van der Waals surface area contributed by atoms with Gasteiger partial charge >= 0.3 is 0 Å². The fourth-order valence-corrected chi connectivity index (χ4v) is 5.38. The van der Waals surface area contributed by atoms with Gasteiger partial charge in [0, 0.05) is 41.0 Å². The Morgan fingerprint density at radius 1 is 1.04 bits per heavy atom. The molecule has 8 heteroatoms. The molecule has 1 saturated heterocycles. The van der Waals surface area contributed by atoms with Crippen LogP contribution in [0.3, 0.4) is 0 Å². The molecular formula is C20H21BrN2O3S2. The van der Waals surface area contributed by atoms with E-state index in [1.165, 1.54) is 21.5 Å². The van der Waals surface area contributed by atoms with E-state index in [-0.39, 0.29) is 5.91 Å². The molecule has 28 heavy (non-hydrogen) atoms. The first-order valence-electron chi connectivity index (χ1n) is 8.83. The highest BCUT2D eigenvalue weighted by Crippen LogP contribution is 2.22. The van der Waals surface area contributed by atoms with Gasteiger partial charge in [0.1, 0.15) is 0 Å². The number of thioether (sulfide) groups is 1. The van der Waals surface area contributed by atoms with Gasteiger partial charge in [0.2, 0.25) is 15.9 Å². The fourth-order valence-electron chi connectivity index (χ4n) is 2.80. The van der Waals surface area contributed by atoms with Crippen LogP contribution in [0.4, 0.5) is 0 Å². The molecule has 0 aromatic heterocycles. The summed E-state index contributed by atoms with van der Waals surface area (Å²) in [5.74, 6) is 0.374. The lowest BCUT2D eigenvalue weighted by Gasteiger charge is -2.33. The van der Waals surface area contributed by atoms with Crippen molar-refractivity contribution in [1.82, 2.24) is 9.21 Å². The molecule has 3 rings (SSSR count). The van der Waals surface area contributed by atoms with Crippen molar-refractivity contribution in [2.24, 2.45) is 0 Å². The highest BCUT2D eigenvalue weighted by atomic mass is 79.9. The third-order valence-corrected chi connectivity index (χ3v) is 7.38. The van der Waals surface area contributed by atoms with Crippen molar-refractivity contribution in [3.05, 3.63) is 70.0 Å². The maximum absolute atomic E-state index is 12.5. The van der Waals surface area contributed by atoms with Gasteiger partial charge in [-0.15, -0.1) is 11.8 Å². The first-order chi connectivity index (χ1) is 13.4. The zero-order valence-electron chi connectivity index (χ0n) is 15.2. The third-order valence-electron chi connectivity index (χ3n) is 4.34. The van der Waals surface area contributed by atoms with Crippen LogP contribution in [0, 0.1) is 0 Å². The van der Waals surface area contributed by atoms with Crippen LogP contribution in [-0.4, -0.2) is 55.5 Å². The second-order valence-corrected chi connectivity index (χ2v) is 10.1.